The lowest BCUT2D eigenvalue weighted by Crippen LogP contribution is -2.25. The van der Waals surface area contributed by atoms with E-state index < -0.39 is 17.7 Å². The van der Waals surface area contributed by atoms with Crippen LogP contribution in [0.2, 0.25) is 0 Å². The molecule has 0 aliphatic carbocycles. The Morgan fingerprint density at radius 1 is 1.31 bits per heavy atom. The fourth-order valence-corrected chi connectivity index (χ4v) is 1.53. The summed E-state index contributed by atoms with van der Waals surface area (Å²) in [5.74, 6) is -0.904. The predicted molar refractivity (Wildman–Crippen MR) is 42.9 cm³/mol. The highest BCUT2D eigenvalue weighted by atomic mass is 19.1. The molecule has 4 heteroatoms. The Morgan fingerprint density at radius 2 is 2.00 bits per heavy atom. The summed E-state index contributed by atoms with van der Waals surface area (Å²) in [7, 11) is 0. The third kappa shape index (κ3) is 1.32. The summed E-state index contributed by atoms with van der Waals surface area (Å²) in [4.78, 5) is 0. The van der Waals surface area contributed by atoms with E-state index in [1.165, 1.54) is 0 Å². The molecule has 1 aliphatic heterocycles. The molecule has 70 valence electrons. The minimum Gasteiger partial charge on any atom is -0.375 e. The Bertz CT molecular complexity index is 341. The number of nitrogens with two attached hydrogens (primary N) is 1. The summed E-state index contributed by atoms with van der Waals surface area (Å²) in [6.07, 6.45) is 0. The normalized spacial score (nSPS) is 21.3. The zero-order valence-corrected chi connectivity index (χ0v) is 6.89. The smallest absolute Gasteiger partial charge is 0.129 e. The van der Waals surface area contributed by atoms with Crippen molar-refractivity contribution < 1.29 is 13.5 Å². The van der Waals surface area contributed by atoms with Gasteiger partial charge in [0.15, 0.2) is 0 Å². The number of rotatable bonds is 0. The minimum atomic E-state index is -0.556. The third-order valence-electron chi connectivity index (χ3n) is 2.16. The van der Waals surface area contributed by atoms with E-state index in [9.17, 15) is 8.78 Å². The van der Waals surface area contributed by atoms with Crippen LogP contribution in [-0.2, 0) is 11.3 Å². The van der Waals surface area contributed by atoms with Gasteiger partial charge in [0.25, 0.3) is 0 Å². The van der Waals surface area contributed by atoms with Crippen LogP contribution in [0, 0.1) is 11.6 Å². The average Bonchev–Trinajstić information content (AvgIpc) is 2.12. The van der Waals surface area contributed by atoms with Crippen molar-refractivity contribution in [2.45, 2.75) is 12.6 Å². The molecule has 1 heterocycles. The van der Waals surface area contributed by atoms with E-state index in [2.05, 4.69) is 0 Å². The standard InChI is InChI=1S/C9H9F2NO/c10-6-1-2-7(11)9-5(6)3-13-4-8(9)12/h1-2,8H,3-4,12H2. The first-order valence-electron chi connectivity index (χ1n) is 4.00. The van der Waals surface area contributed by atoms with Gasteiger partial charge in [0.2, 0.25) is 0 Å². The highest BCUT2D eigenvalue weighted by Gasteiger charge is 2.23. The molecule has 0 saturated carbocycles. The Hall–Kier alpha value is -1.00. The maximum atomic E-state index is 13.2. The van der Waals surface area contributed by atoms with Gasteiger partial charge in [-0.25, -0.2) is 8.78 Å². The summed E-state index contributed by atoms with van der Waals surface area (Å²) in [6.45, 7) is 0.347. The van der Waals surface area contributed by atoms with Crippen LogP contribution in [0.5, 0.6) is 0 Å². The Kier molecular flexibility index (Phi) is 2.01. The number of fused-ring (bicyclic) bond motifs is 1. The van der Waals surface area contributed by atoms with Crippen molar-refractivity contribution >= 4 is 0 Å². The van der Waals surface area contributed by atoms with Gasteiger partial charge in [-0.3, -0.25) is 0 Å². The summed E-state index contributed by atoms with van der Waals surface area (Å²) >= 11 is 0. The number of hydrogen-bond acceptors (Lipinski definition) is 2. The highest BCUT2D eigenvalue weighted by molar-refractivity contribution is 5.33. The van der Waals surface area contributed by atoms with Gasteiger partial charge in [0.05, 0.1) is 19.3 Å². The minimum absolute atomic E-state index is 0.104. The van der Waals surface area contributed by atoms with Crippen LogP contribution in [0.4, 0.5) is 8.78 Å². The predicted octanol–water partition coefficient (Wildman–Crippen LogP) is 1.49. The van der Waals surface area contributed by atoms with Gasteiger partial charge in [0, 0.05) is 11.1 Å². The zero-order valence-electron chi connectivity index (χ0n) is 6.89. The zero-order chi connectivity index (χ0) is 9.42. The quantitative estimate of drug-likeness (QED) is 0.664. The van der Waals surface area contributed by atoms with Crippen molar-refractivity contribution in [2.24, 2.45) is 5.73 Å². The number of ether oxygens (including phenoxy) is 1. The second-order valence-corrected chi connectivity index (χ2v) is 3.04. The van der Waals surface area contributed by atoms with Crippen molar-refractivity contribution in [3.8, 4) is 0 Å². The molecule has 2 N–H and O–H groups in total. The van der Waals surface area contributed by atoms with Crippen molar-refractivity contribution in [2.75, 3.05) is 6.61 Å². The van der Waals surface area contributed by atoms with Gasteiger partial charge in [0.1, 0.15) is 11.6 Å². The summed E-state index contributed by atoms with van der Waals surface area (Å²) < 4.78 is 31.3. The summed E-state index contributed by atoms with van der Waals surface area (Å²) in [5, 5.41) is 0. The van der Waals surface area contributed by atoms with Crippen LogP contribution in [0.15, 0.2) is 12.1 Å². The largest absolute Gasteiger partial charge is 0.375 e. The Labute approximate surface area is 74.3 Å². The molecule has 1 aromatic carbocycles. The first-order chi connectivity index (χ1) is 6.20. The fourth-order valence-electron chi connectivity index (χ4n) is 1.53. The van der Waals surface area contributed by atoms with E-state index in [0.29, 0.717) is 0 Å². The SMILES string of the molecule is NC1COCc2c(F)ccc(F)c21. The van der Waals surface area contributed by atoms with E-state index in [1.54, 1.807) is 0 Å². The number of benzene rings is 1. The first kappa shape index (κ1) is 8.59. The van der Waals surface area contributed by atoms with Crippen molar-refractivity contribution in [1.29, 1.82) is 0 Å². The van der Waals surface area contributed by atoms with E-state index in [-0.39, 0.29) is 24.3 Å². The third-order valence-corrected chi connectivity index (χ3v) is 2.16. The van der Waals surface area contributed by atoms with E-state index in [1.807, 2.05) is 0 Å². The van der Waals surface area contributed by atoms with Crippen molar-refractivity contribution in [3.63, 3.8) is 0 Å². The number of hydrogen-bond donors (Lipinski definition) is 1. The van der Waals surface area contributed by atoms with Crippen LogP contribution in [0.1, 0.15) is 17.2 Å². The van der Waals surface area contributed by atoms with Gasteiger partial charge in [-0.1, -0.05) is 0 Å². The van der Waals surface area contributed by atoms with Crippen LogP contribution in [-0.4, -0.2) is 6.61 Å². The Morgan fingerprint density at radius 3 is 2.69 bits per heavy atom. The monoisotopic (exact) mass is 185 g/mol. The molecule has 0 spiro atoms. The summed E-state index contributed by atoms with van der Waals surface area (Å²) in [6, 6.07) is 1.63. The van der Waals surface area contributed by atoms with Crippen molar-refractivity contribution in [1.82, 2.24) is 0 Å². The second-order valence-electron chi connectivity index (χ2n) is 3.04. The average molecular weight is 185 g/mol. The molecule has 1 unspecified atom stereocenters. The van der Waals surface area contributed by atoms with Crippen LogP contribution < -0.4 is 5.73 Å². The molecular weight excluding hydrogens is 176 g/mol. The van der Waals surface area contributed by atoms with Gasteiger partial charge < -0.3 is 10.5 Å². The lowest BCUT2D eigenvalue weighted by molar-refractivity contribution is 0.0877. The van der Waals surface area contributed by atoms with E-state index in [4.69, 9.17) is 10.5 Å². The molecule has 2 rings (SSSR count). The molecule has 0 radical (unpaired) electrons. The molecule has 0 fully saturated rings. The van der Waals surface area contributed by atoms with Gasteiger partial charge in [-0.05, 0) is 12.1 Å². The topological polar surface area (TPSA) is 35.2 Å². The van der Waals surface area contributed by atoms with Gasteiger partial charge in [-0.15, -0.1) is 0 Å². The van der Waals surface area contributed by atoms with E-state index >= 15 is 0 Å². The molecular formula is C9H9F2NO. The lowest BCUT2D eigenvalue weighted by Gasteiger charge is -2.23. The summed E-state index contributed by atoms with van der Waals surface area (Å²) in [5.41, 5.74) is 6.09. The molecule has 13 heavy (non-hydrogen) atoms. The van der Waals surface area contributed by atoms with Crippen LogP contribution >= 0.6 is 0 Å². The van der Waals surface area contributed by atoms with Crippen molar-refractivity contribution in [3.05, 3.63) is 34.9 Å². The first-order valence-corrected chi connectivity index (χ1v) is 4.00. The number of halogens is 2. The van der Waals surface area contributed by atoms with Crippen LogP contribution in [0.25, 0.3) is 0 Å². The maximum absolute atomic E-state index is 13.2. The van der Waals surface area contributed by atoms with Gasteiger partial charge in [-0.2, -0.15) is 0 Å². The molecule has 2 nitrogen and oxygen atoms in total. The molecule has 0 amide bonds. The molecule has 0 aromatic heterocycles. The molecule has 1 atom stereocenters. The molecule has 0 bridgehead atoms. The van der Waals surface area contributed by atoms with Gasteiger partial charge >= 0.3 is 0 Å². The highest BCUT2D eigenvalue weighted by Crippen LogP contribution is 2.27. The maximum Gasteiger partial charge on any atom is 0.129 e. The molecule has 1 aliphatic rings. The fraction of sp³-hybridized carbons (Fsp3) is 0.333. The van der Waals surface area contributed by atoms with Crippen LogP contribution in [0.3, 0.4) is 0 Å². The van der Waals surface area contributed by atoms with E-state index in [0.717, 1.165) is 12.1 Å². The Balaban J connectivity index is 2.60. The lowest BCUT2D eigenvalue weighted by atomic mass is 9.98. The molecule has 1 aromatic rings. The second kappa shape index (κ2) is 3.05. The molecule has 0 saturated heterocycles.